The molecule has 10 heteroatoms. The number of aromatic amines is 2. The van der Waals surface area contributed by atoms with E-state index in [1.165, 1.54) is 4.57 Å². The fraction of sp³-hybridized carbons (Fsp3) is 0.429. The van der Waals surface area contributed by atoms with Crippen LogP contribution in [0.5, 0.6) is 0 Å². The lowest BCUT2D eigenvalue weighted by atomic mass is 10.2. The number of rotatable bonds is 5. The zero-order valence-corrected chi connectivity index (χ0v) is 17.4. The third-order valence-electron chi connectivity index (χ3n) is 6.02. The van der Waals surface area contributed by atoms with E-state index in [1.54, 1.807) is 19.3 Å². The molecule has 5 rings (SSSR count). The zero-order valence-electron chi connectivity index (χ0n) is 17.4. The van der Waals surface area contributed by atoms with Gasteiger partial charge in [0, 0.05) is 51.5 Å². The Kier molecular flexibility index (Phi) is 4.85. The van der Waals surface area contributed by atoms with E-state index in [9.17, 15) is 14.4 Å². The minimum absolute atomic E-state index is 0.0481. The average molecular weight is 423 g/mol. The zero-order chi connectivity index (χ0) is 21.5. The molecule has 0 aromatic carbocycles. The number of hydrogen-bond acceptors (Lipinski definition) is 6. The molecule has 0 radical (unpaired) electrons. The van der Waals surface area contributed by atoms with Gasteiger partial charge in [-0.05, 0) is 31.0 Å². The molecule has 2 fully saturated rings. The van der Waals surface area contributed by atoms with Crippen molar-refractivity contribution in [3.8, 4) is 0 Å². The molecule has 162 valence electrons. The Hall–Kier alpha value is -3.40. The van der Waals surface area contributed by atoms with Crippen LogP contribution in [0.1, 0.15) is 35.1 Å². The molecule has 0 bridgehead atoms. The number of carbonyl (C=O) groups is 1. The number of H-pyrrole nitrogens is 2. The molecule has 4 heterocycles. The molecule has 3 aromatic heterocycles. The first kappa shape index (κ1) is 19.6. The highest BCUT2D eigenvalue weighted by Gasteiger charge is 2.28. The molecule has 10 nitrogen and oxygen atoms in total. The molecule has 1 saturated carbocycles. The summed E-state index contributed by atoms with van der Waals surface area (Å²) in [6.45, 7) is 4.07. The molecule has 1 saturated heterocycles. The van der Waals surface area contributed by atoms with Crippen LogP contribution in [0.25, 0.3) is 11.0 Å². The van der Waals surface area contributed by atoms with E-state index in [4.69, 9.17) is 0 Å². The minimum atomic E-state index is -0.335. The smallest absolute Gasteiger partial charge is 0.330 e. The van der Waals surface area contributed by atoms with Gasteiger partial charge in [0.15, 0.2) is 0 Å². The van der Waals surface area contributed by atoms with Crippen molar-refractivity contribution in [2.75, 3.05) is 38.1 Å². The number of pyridine rings is 1. The van der Waals surface area contributed by atoms with Gasteiger partial charge in [0.25, 0.3) is 11.5 Å². The van der Waals surface area contributed by atoms with Crippen molar-refractivity contribution in [3.05, 3.63) is 56.6 Å². The van der Waals surface area contributed by atoms with Crippen molar-refractivity contribution < 1.29 is 4.79 Å². The number of nitrogens with one attached hydrogen (secondary N) is 3. The minimum Gasteiger partial charge on any atom is -0.368 e. The van der Waals surface area contributed by atoms with Crippen LogP contribution < -0.4 is 21.5 Å². The number of amides is 1. The third kappa shape index (κ3) is 3.74. The molecule has 3 aromatic rings. The van der Waals surface area contributed by atoms with Crippen LogP contribution in [-0.2, 0) is 6.54 Å². The Labute approximate surface area is 177 Å². The van der Waals surface area contributed by atoms with E-state index >= 15 is 0 Å². The summed E-state index contributed by atoms with van der Waals surface area (Å²) in [7, 11) is 1.59. The van der Waals surface area contributed by atoms with Gasteiger partial charge in [0.05, 0.1) is 17.3 Å². The van der Waals surface area contributed by atoms with Crippen LogP contribution in [-0.4, -0.2) is 63.6 Å². The summed E-state index contributed by atoms with van der Waals surface area (Å²) in [6.07, 6.45) is 3.51. The highest BCUT2D eigenvalue weighted by Crippen LogP contribution is 2.32. The molecule has 2 aliphatic rings. The number of carbonyl (C=O) groups excluding carboxylic acids is 1. The van der Waals surface area contributed by atoms with Crippen molar-refractivity contribution in [2.24, 2.45) is 0 Å². The molecule has 1 aliphatic heterocycles. The Morgan fingerprint density at radius 2 is 1.94 bits per heavy atom. The molecule has 3 N–H and O–H groups in total. The van der Waals surface area contributed by atoms with E-state index in [0.29, 0.717) is 23.3 Å². The normalized spacial score (nSPS) is 17.3. The highest BCUT2D eigenvalue weighted by molar-refractivity contribution is 5.92. The lowest BCUT2D eigenvalue weighted by Crippen LogP contribution is -2.46. The van der Waals surface area contributed by atoms with Crippen molar-refractivity contribution >= 4 is 22.6 Å². The van der Waals surface area contributed by atoms with E-state index in [-0.39, 0.29) is 23.2 Å². The standard InChI is InChI=1S/C21H25N7O3/c1-22-19(29)17-5-4-15(11-23-17)27-8-6-26(7-9-27)12-13-10-16-18(24-13)25-21(31)28(20(16)30)14-2-3-14/h4-5,10-11,14,24H,2-3,6-9,12H2,1H3,(H,22,29)(H,25,31). The lowest BCUT2D eigenvalue weighted by molar-refractivity contribution is 0.0958. The Morgan fingerprint density at radius 1 is 1.16 bits per heavy atom. The fourth-order valence-electron chi connectivity index (χ4n) is 4.16. The average Bonchev–Trinajstić information content (AvgIpc) is 3.53. The van der Waals surface area contributed by atoms with Crippen molar-refractivity contribution in [1.82, 2.24) is 29.7 Å². The lowest BCUT2D eigenvalue weighted by Gasteiger charge is -2.35. The maximum atomic E-state index is 12.7. The second kappa shape index (κ2) is 7.69. The summed E-state index contributed by atoms with van der Waals surface area (Å²) in [5, 5.41) is 3.12. The van der Waals surface area contributed by atoms with Crippen LogP contribution in [0.4, 0.5) is 5.69 Å². The number of aromatic nitrogens is 4. The SMILES string of the molecule is CNC(=O)c1ccc(N2CCN(Cc3cc4c(=O)n(C5CC5)c(=O)[nH]c4[nH]3)CC2)cn1. The molecular formula is C21H25N7O3. The van der Waals surface area contributed by atoms with Gasteiger partial charge in [-0.15, -0.1) is 0 Å². The van der Waals surface area contributed by atoms with Crippen molar-refractivity contribution in [1.29, 1.82) is 0 Å². The van der Waals surface area contributed by atoms with E-state index < -0.39 is 0 Å². The van der Waals surface area contributed by atoms with Crippen molar-refractivity contribution in [3.63, 3.8) is 0 Å². The fourth-order valence-corrected chi connectivity index (χ4v) is 4.16. The largest absolute Gasteiger partial charge is 0.368 e. The van der Waals surface area contributed by atoms with Crippen LogP contribution in [0.2, 0.25) is 0 Å². The van der Waals surface area contributed by atoms with Gasteiger partial charge in [-0.2, -0.15) is 0 Å². The van der Waals surface area contributed by atoms with Gasteiger partial charge in [-0.1, -0.05) is 0 Å². The van der Waals surface area contributed by atoms with Crippen LogP contribution in [0.3, 0.4) is 0 Å². The Bertz CT molecular complexity index is 1230. The van der Waals surface area contributed by atoms with Gasteiger partial charge in [0.1, 0.15) is 11.3 Å². The monoisotopic (exact) mass is 423 g/mol. The van der Waals surface area contributed by atoms with E-state index in [2.05, 4.69) is 30.1 Å². The highest BCUT2D eigenvalue weighted by atomic mass is 16.2. The van der Waals surface area contributed by atoms with E-state index in [1.807, 2.05) is 12.1 Å². The number of nitrogens with zero attached hydrogens (tertiary/aromatic N) is 4. The third-order valence-corrected chi connectivity index (χ3v) is 6.02. The Morgan fingerprint density at radius 3 is 2.58 bits per heavy atom. The number of fused-ring (bicyclic) bond motifs is 1. The Balaban J connectivity index is 1.25. The van der Waals surface area contributed by atoms with E-state index in [0.717, 1.165) is 50.4 Å². The maximum absolute atomic E-state index is 12.7. The summed E-state index contributed by atoms with van der Waals surface area (Å²) in [5.74, 6) is -0.195. The summed E-state index contributed by atoms with van der Waals surface area (Å²) < 4.78 is 1.35. The second-order valence-electron chi connectivity index (χ2n) is 8.16. The second-order valence-corrected chi connectivity index (χ2v) is 8.16. The van der Waals surface area contributed by atoms with Gasteiger partial charge in [0.2, 0.25) is 0 Å². The predicted octanol–water partition coefficient (Wildman–Crippen LogP) is 0.430. The molecule has 31 heavy (non-hydrogen) atoms. The summed E-state index contributed by atoms with van der Waals surface area (Å²) >= 11 is 0. The van der Waals surface area contributed by atoms with Crippen LogP contribution >= 0.6 is 0 Å². The maximum Gasteiger partial charge on any atom is 0.330 e. The van der Waals surface area contributed by atoms with Crippen LogP contribution in [0, 0.1) is 0 Å². The van der Waals surface area contributed by atoms with Gasteiger partial charge in [-0.25, -0.2) is 9.78 Å². The molecular weight excluding hydrogens is 398 g/mol. The number of anilines is 1. The summed E-state index contributed by atoms with van der Waals surface area (Å²) in [6, 6.07) is 5.57. The predicted molar refractivity (Wildman–Crippen MR) is 117 cm³/mol. The molecule has 0 unspecified atom stereocenters. The first-order chi connectivity index (χ1) is 15.0. The molecule has 0 spiro atoms. The summed E-state index contributed by atoms with van der Waals surface area (Å²) in [5.41, 5.74) is 2.28. The quantitative estimate of drug-likeness (QED) is 0.548. The number of hydrogen-bond donors (Lipinski definition) is 3. The van der Waals surface area contributed by atoms with Gasteiger partial charge in [-0.3, -0.25) is 24.0 Å². The topological polar surface area (TPSA) is 119 Å². The van der Waals surface area contributed by atoms with Crippen molar-refractivity contribution in [2.45, 2.75) is 25.4 Å². The van der Waals surface area contributed by atoms with Gasteiger partial charge >= 0.3 is 5.69 Å². The first-order valence-corrected chi connectivity index (χ1v) is 10.6. The van der Waals surface area contributed by atoms with Gasteiger partial charge < -0.3 is 15.2 Å². The number of piperazine rings is 1. The molecule has 0 atom stereocenters. The molecule has 1 aliphatic carbocycles. The summed E-state index contributed by atoms with van der Waals surface area (Å²) in [4.78, 5) is 51.4. The van der Waals surface area contributed by atoms with Crippen LogP contribution in [0.15, 0.2) is 34.0 Å². The molecule has 1 amide bonds. The first-order valence-electron chi connectivity index (χ1n) is 10.6.